The van der Waals surface area contributed by atoms with E-state index in [2.05, 4.69) is 27.6 Å². The molecule has 1 unspecified atom stereocenters. The van der Waals surface area contributed by atoms with Crippen LogP contribution in [0.5, 0.6) is 0 Å². The third kappa shape index (κ3) is 3.59. The van der Waals surface area contributed by atoms with Gasteiger partial charge >= 0.3 is 0 Å². The zero-order valence-corrected chi connectivity index (χ0v) is 13.7. The minimum Gasteiger partial charge on any atom is -0.210 e. The highest BCUT2D eigenvalue weighted by molar-refractivity contribution is 9.09. The predicted molar refractivity (Wildman–Crippen MR) is 86.8 cm³/mol. The van der Waals surface area contributed by atoms with E-state index in [0.29, 0.717) is 11.4 Å². The lowest BCUT2D eigenvalue weighted by molar-refractivity contribution is 0.579. The van der Waals surface area contributed by atoms with Gasteiger partial charge in [-0.15, -0.1) is 0 Å². The number of fused-ring (bicyclic) bond motifs is 1. The second-order valence-electron chi connectivity index (χ2n) is 4.72. The monoisotopic (exact) mass is 355 g/mol. The Kier molecular flexibility index (Phi) is 5.18. The molecule has 0 spiro atoms. The van der Waals surface area contributed by atoms with Gasteiger partial charge in [-0.3, -0.25) is 0 Å². The van der Waals surface area contributed by atoms with Crippen molar-refractivity contribution in [1.29, 1.82) is 0 Å². The average molecular weight is 356 g/mol. The van der Waals surface area contributed by atoms with E-state index >= 15 is 0 Å². The molecule has 0 saturated heterocycles. The highest BCUT2D eigenvalue weighted by atomic mass is 79.9. The lowest BCUT2D eigenvalue weighted by Crippen LogP contribution is -2.29. The molecule has 3 nitrogen and oxygen atoms in total. The second kappa shape index (κ2) is 6.70. The van der Waals surface area contributed by atoms with Crippen molar-refractivity contribution in [1.82, 2.24) is 4.72 Å². The number of hydrogen-bond acceptors (Lipinski definition) is 2. The first-order valence-corrected chi connectivity index (χ1v) is 9.06. The van der Waals surface area contributed by atoms with Crippen molar-refractivity contribution >= 4 is 36.7 Å². The standard InChI is InChI=1S/C15H18BrNO2S/c1-2-6-13(16)11-17-20(18,19)15-10-5-8-12-7-3-4-9-14(12)15/h3-5,7-10,13,17H,2,6,11H2,1H3. The molecule has 108 valence electrons. The Labute approximate surface area is 128 Å². The van der Waals surface area contributed by atoms with E-state index in [0.717, 1.165) is 23.6 Å². The van der Waals surface area contributed by atoms with Crippen LogP contribution in [0.2, 0.25) is 0 Å². The van der Waals surface area contributed by atoms with Crippen molar-refractivity contribution in [2.24, 2.45) is 0 Å². The van der Waals surface area contributed by atoms with E-state index < -0.39 is 10.0 Å². The number of benzene rings is 2. The molecule has 0 fully saturated rings. The first-order chi connectivity index (χ1) is 9.54. The summed E-state index contributed by atoms with van der Waals surface area (Å²) in [6, 6.07) is 12.8. The van der Waals surface area contributed by atoms with Crippen LogP contribution in [0.1, 0.15) is 19.8 Å². The molecule has 0 aliphatic rings. The SMILES string of the molecule is CCCC(Br)CNS(=O)(=O)c1cccc2ccccc12. The molecule has 0 heterocycles. The third-order valence-corrected chi connectivity index (χ3v) is 5.40. The number of sulfonamides is 1. The second-order valence-corrected chi connectivity index (χ2v) is 7.75. The van der Waals surface area contributed by atoms with Crippen LogP contribution in [0.15, 0.2) is 47.4 Å². The molecule has 2 aromatic rings. The maximum atomic E-state index is 12.4. The summed E-state index contributed by atoms with van der Waals surface area (Å²) in [5.74, 6) is 0. The fraction of sp³-hybridized carbons (Fsp3) is 0.333. The lowest BCUT2D eigenvalue weighted by Gasteiger charge is -2.12. The van der Waals surface area contributed by atoms with Gasteiger partial charge < -0.3 is 0 Å². The van der Waals surface area contributed by atoms with Crippen molar-refractivity contribution in [3.63, 3.8) is 0 Å². The van der Waals surface area contributed by atoms with Gasteiger partial charge in [0.15, 0.2) is 0 Å². The van der Waals surface area contributed by atoms with Crippen LogP contribution in [0.4, 0.5) is 0 Å². The highest BCUT2D eigenvalue weighted by Gasteiger charge is 2.17. The van der Waals surface area contributed by atoms with E-state index in [1.54, 1.807) is 12.1 Å². The summed E-state index contributed by atoms with van der Waals surface area (Å²) in [5, 5.41) is 1.68. The van der Waals surface area contributed by atoms with E-state index in [-0.39, 0.29) is 4.83 Å². The topological polar surface area (TPSA) is 46.2 Å². The predicted octanol–water partition coefficient (Wildman–Crippen LogP) is 3.68. The summed E-state index contributed by atoms with van der Waals surface area (Å²) in [6.07, 6.45) is 1.96. The molecule has 0 radical (unpaired) electrons. The molecule has 0 aliphatic heterocycles. The maximum absolute atomic E-state index is 12.4. The quantitative estimate of drug-likeness (QED) is 0.803. The summed E-state index contributed by atoms with van der Waals surface area (Å²) >= 11 is 3.49. The van der Waals surface area contributed by atoms with Crippen molar-refractivity contribution in [2.45, 2.75) is 29.5 Å². The molecule has 0 bridgehead atoms. The third-order valence-electron chi connectivity index (χ3n) is 3.14. The van der Waals surface area contributed by atoms with Gasteiger partial charge in [-0.1, -0.05) is 65.7 Å². The molecule has 1 atom stereocenters. The minimum atomic E-state index is -3.48. The van der Waals surface area contributed by atoms with Crippen LogP contribution >= 0.6 is 15.9 Å². The van der Waals surface area contributed by atoms with Crippen LogP contribution in [-0.2, 0) is 10.0 Å². The van der Waals surface area contributed by atoms with Gasteiger partial charge in [-0.25, -0.2) is 13.1 Å². The normalized spacial score (nSPS) is 13.5. The summed E-state index contributed by atoms with van der Waals surface area (Å²) < 4.78 is 27.5. The molecule has 0 aliphatic carbocycles. The van der Waals surface area contributed by atoms with Gasteiger partial charge in [-0.05, 0) is 17.9 Å². The summed E-state index contributed by atoms with van der Waals surface area (Å²) in [5.41, 5.74) is 0. The zero-order valence-electron chi connectivity index (χ0n) is 11.3. The Hall–Kier alpha value is -0.910. The zero-order chi connectivity index (χ0) is 14.6. The van der Waals surface area contributed by atoms with Crippen LogP contribution in [-0.4, -0.2) is 19.8 Å². The Morgan fingerprint density at radius 2 is 1.85 bits per heavy atom. The summed E-state index contributed by atoms with van der Waals surface area (Å²) in [4.78, 5) is 0.504. The van der Waals surface area contributed by atoms with E-state index in [9.17, 15) is 8.42 Å². The minimum absolute atomic E-state index is 0.164. The van der Waals surface area contributed by atoms with Gasteiger partial charge in [0.05, 0.1) is 4.90 Å². The van der Waals surface area contributed by atoms with E-state index in [1.165, 1.54) is 0 Å². The Morgan fingerprint density at radius 1 is 1.15 bits per heavy atom. The Balaban J connectivity index is 2.28. The fourth-order valence-corrected chi connectivity index (χ4v) is 4.27. The number of halogens is 1. The molecule has 2 rings (SSSR count). The maximum Gasteiger partial charge on any atom is 0.241 e. The molecular formula is C15H18BrNO2S. The van der Waals surface area contributed by atoms with Gasteiger partial charge in [0.25, 0.3) is 0 Å². The Bertz CT molecular complexity index is 680. The van der Waals surface area contributed by atoms with Crippen LogP contribution < -0.4 is 4.72 Å². The number of alkyl halides is 1. The van der Waals surface area contributed by atoms with Crippen molar-refractivity contribution in [2.75, 3.05) is 6.54 Å². The van der Waals surface area contributed by atoms with E-state index in [4.69, 9.17) is 0 Å². The molecule has 0 aromatic heterocycles. The molecule has 20 heavy (non-hydrogen) atoms. The molecule has 0 saturated carbocycles. The molecule has 5 heteroatoms. The average Bonchev–Trinajstić information content (AvgIpc) is 2.45. The van der Waals surface area contributed by atoms with E-state index in [1.807, 2.05) is 30.3 Å². The number of hydrogen-bond donors (Lipinski definition) is 1. The number of rotatable bonds is 6. The van der Waals surface area contributed by atoms with Crippen LogP contribution in [0, 0.1) is 0 Å². The van der Waals surface area contributed by atoms with Gasteiger partial charge in [0.2, 0.25) is 10.0 Å². The van der Waals surface area contributed by atoms with Crippen molar-refractivity contribution in [3.8, 4) is 0 Å². The van der Waals surface area contributed by atoms with Gasteiger partial charge in [-0.2, -0.15) is 0 Å². The molecule has 1 N–H and O–H groups in total. The van der Waals surface area contributed by atoms with Gasteiger partial charge in [0.1, 0.15) is 0 Å². The summed E-state index contributed by atoms with van der Waals surface area (Å²) in [6.45, 7) is 2.48. The smallest absolute Gasteiger partial charge is 0.210 e. The fourth-order valence-electron chi connectivity index (χ4n) is 2.12. The molecule has 0 amide bonds. The van der Waals surface area contributed by atoms with Crippen LogP contribution in [0.25, 0.3) is 10.8 Å². The first kappa shape index (κ1) is 15.5. The van der Waals surface area contributed by atoms with Crippen molar-refractivity contribution in [3.05, 3.63) is 42.5 Å². The van der Waals surface area contributed by atoms with Crippen molar-refractivity contribution < 1.29 is 8.42 Å². The number of nitrogens with one attached hydrogen (secondary N) is 1. The summed E-state index contributed by atoms with van der Waals surface area (Å²) in [7, 11) is -3.48. The Morgan fingerprint density at radius 3 is 2.60 bits per heavy atom. The highest BCUT2D eigenvalue weighted by Crippen LogP contribution is 2.22. The molecule has 2 aromatic carbocycles. The molecular weight excluding hydrogens is 338 g/mol. The van der Waals surface area contributed by atoms with Gasteiger partial charge in [0, 0.05) is 16.8 Å². The van der Waals surface area contributed by atoms with Crippen LogP contribution in [0.3, 0.4) is 0 Å². The first-order valence-electron chi connectivity index (χ1n) is 6.66. The largest absolute Gasteiger partial charge is 0.241 e. The lowest BCUT2D eigenvalue weighted by atomic mass is 10.1.